The fourth-order valence-electron chi connectivity index (χ4n) is 2.82. The number of rotatable bonds is 5. The number of hydrogen-bond acceptors (Lipinski definition) is 3. The molecule has 0 unspecified atom stereocenters. The largest absolute Gasteiger partial charge is 0.347 e. The SMILES string of the molecule is Cc1n[nH]c(C)c1CCC(=O)Nc1cccc(C(=O)NC(C)(C)C)c1C. The van der Waals surface area contributed by atoms with E-state index in [2.05, 4.69) is 20.8 Å². The first kappa shape index (κ1) is 19.7. The minimum atomic E-state index is -0.316. The van der Waals surface area contributed by atoms with Crippen molar-refractivity contribution in [1.82, 2.24) is 15.5 Å². The highest BCUT2D eigenvalue weighted by Crippen LogP contribution is 2.20. The number of nitrogens with zero attached hydrogens (tertiary/aromatic N) is 1. The van der Waals surface area contributed by atoms with Crippen molar-refractivity contribution in [2.45, 2.75) is 59.9 Å². The smallest absolute Gasteiger partial charge is 0.252 e. The van der Waals surface area contributed by atoms with Gasteiger partial charge in [0.2, 0.25) is 5.91 Å². The highest BCUT2D eigenvalue weighted by molar-refractivity contribution is 5.99. The van der Waals surface area contributed by atoms with E-state index in [1.54, 1.807) is 12.1 Å². The number of aromatic amines is 1. The zero-order valence-electron chi connectivity index (χ0n) is 16.4. The molecule has 140 valence electrons. The summed E-state index contributed by atoms with van der Waals surface area (Å²) in [4.78, 5) is 24.8. The molecule has 3 N–H and O–H groups in total. The van der Waals surface area contributed by atoms with Crippen molar-refractivity contribution < 1.29 is 9.59 Å². The lowest BCUT2D eigenvalue weighted by Gasteiger charge is -2.21. The summed E-state index contributed by atoms with van der Waals surface area (Å²) < 4.78 is 0. The Bertz CT molecular complexity index is 796. The molecule has 1 heterocycles. The third-order valence-electron chi connectivity index (χ3n) is 4.22. The van der Waals surface area contributed by atoms with E-state index in [1.165, 1.54) is 0 Å². The molecule has 0 aliphatic carbocycles. The molecule has 6 heteroatoms. The number of nitrogens with one attached hydrogen (secondary N) is 3. The number of hydrogen-bond donors (Lipinski definition) is 3. The third-order valence-corrected chi connectivity index (χ3v) is 4.22. The molecule has 0 saturated heterocycles. The number of aryl methyl sites for hydroxylation is 2. The van der Waals surface area contributed by atoms with Crippen LogP contribution in [0.4, 0.5) is 5.69 Å². The van der Waals surface area contributed by atoms with Crippen LogP contribution in [0.1, 0.15) is 60.1 Å². The highest BCUT2D eigenvalue weighted by atomic mass is 16.2. The van der Waals surface area contributed by atoms with Crippen LogP contribution in [0.15, 0.2) is 18.2 Å². The van der Waals surface area contributed by atoms with E-state index in [4.69, 9.17) is 0 Å². The van der Waals surface area contributed by atoms with E-state index in [9.17, 15) is 9.59 Å². The summed E-state index contributed by atoms with van der Waals surface area (Å²) >= 11 is 0. The first-order chi connectivity index (χ1) is 12.1. The molecule has 0 radical (unpaired) electrons. The number of H-pyrrole nitrogens is 1. The van der Waals surface area contributed by atoms with E-state index < -0.39 is 0 Å². The molecular weight excluding hydrogens is 328 g/mol. The van der Waals surface area contributed by atoms with Gasteiger partial charge < -0.3 is 10.6 Å². The van der Waals surface area contributed by atoms with Crippen molar-refractivity contribution in [2.24, 2.45) is 0 Å². The summed E-state index contributed by atoms with van der Waals surface area (Å²) in [5, 5.41) is 13.0. The van der Waals surface area contributed by atoms with Crippen molar-refractivity contribution in [3.05, 3.63) is 46.3 Å². The second-order valence-electron chi connectivity index (χ2n) is 7.64. The van der Waals surface area contributed by atoms with Gasteiger partial charge in [-0.15, -0.1) is 0 Å². The third kappa shape index (κ3) is 4.94. The van der Waals surface area contributed by atoms with Crippen molar-refractivity contribution in [3.8, 4) is 0 Å². The molecule has 0 bridgehead atoms. The summed E-state index contributed by atoms with van der Waals surface area (Å²) in [6.07, 6.45) is 0.988. The van der Waals surface area contributed by atoms with Gasteiger partial charge in [0.05, 0.1) is 5.69 Å². The number of carbonyl (C=O) groups is 2. The average molecular weight is 356 g/mol. The van der Waals surface area contributed by atoms with Crippen LogP contribution in [0.2, 0.25) is 0 Å². The Morgan fingerprint density at radius 1 is 1.15 bits per heavy atom. The van der Waals surface area contributed by atoms with E-state index in [1.807, 2.05) is 47.6 Å². The van der Waals surface area contributed by atoms with E-state index in [0.717, 1.165) is 22.5 Å². The second-order valence-corrected chi connectivity index (χ2v) is 7.64. The zero-order valence-corrected chi connectivity index (χ0v) is 16.4. The quantitative estimate of drug-likeness (QED) is 0.767. The Morgan fingerprint density at radius 2 is 1.85 bits per heavy atom. The lowest BCUT2D eigenvalue weighted by atomic mass is 10.0. The fourth-order valence-corrected chi connectivity index (χ4v) is 2.82. The maximum Gasteiger partial charge on any atom is 0.252 e. The molecule has 0 saturated carbocycles. The van der Waals surface area contributed by atoms with Gasteiger partial charge in [-0.2, -0.15) is 5.10 Å². The molecule has 1 aromatic carbocycles. The fraction of sp³-hybridized carbons (Fsp3) is 0.450. The Balaban J connectivity index is 2.06. The van der Waals surface area contributed by atoms with Crippen molar-refractivity contribution in [1.29, 1.82) is 0 Å². The minimum absolute atomic E-state index is 0.0820. The first-order valence-electron chi connectivity index (χ1n) is 8.81. The van der Waals surface area contributed by atoms with Crippen LogP contribution in [-0.2, 0) is 11.2 Å². The van der Waals surface area contributed by atoms with Crippen LogP contribution < -0.4 is 10.6 Å². The Hall–Kier alpha value is -2.63. The van der Waals surface area contributed by atoms with Gasteiger partial charge in [0.25, 0.3) is 5.91 Å². The van der Waals surface area contributed by atoms with Gasteiger partial charge in [-0.25, -0.2) is 0 Å². The highest BCUT2D eigenvalue weighted by Gasteiger charge is 2.18. The molecule has 26 heavy (non-hydrogen) atoms. The van der Waals surface area contributed by atoms with Gasteiger partial charge in [-0.1, -0.05) is 6.07 Å². The summed E-state index contributed by atoms with van der Waals surface area (Å²) in [7, 11) is 0. The zero-order chi connectivity index (χ0) is 19.5. The number of anilines is 1. The number of amides is 2. The maximum atomic E-state index is 12.4. The van der Waals surface area contributed by atoms with Gasteiger partial charge in [-0.05, 0) is 71.2 Å². The molecule has 2 amide bonds. The van der Waals surface area contributed by atoms with E-state index >= 15 is 0 Å². The molecule has 2 rings (SSSR count). The van der Waals surface area contributed by atoms with Crippen LogP contribution in [0, 0.1) is 20.8 Å². The standard InChI is InChI=1S/C20H28N4O2/c1-12-15(19(26)22-20(4,5)6)8-7-9-17(12)21-18(25)11-10-16-13(2)23-24-14(16)3/h7-9H,10-11H2,1-6H3,(H,21,25)(H,22,26)(H,23,24). The van der Waals surface area contributed by atoms with Crippen LogP contribution >= 0.6 is 0 Å². The predicted octanol–water partition coefficient (Wildman–Crippen LogP) is 3.43. The van der Waals surface area contributed by atoms with Gasteiger partial charge in [0.15, 0.2) is 0 Å². The summed E-state index contributed by atoms with van der Waals surface area (Å²) in [5.74, 6) is -0.225. The molecule has 0 aliphatic heterocycles. The Kier molecular flexibility index (Phi) is 5.85. The minimum Gasteiger partial charge on any atom is -0.347 e. The molecule has 0 atom stereocenters. The topological polar surface area (TPSA) is 86.9 Å². The summed E-state index contributed by atoms with van der Waals surface area (Å²) in [6, 6.07) is 5.37. The van der Waals surface area contributed by atoms with E-state index in [-0.39, 0.29) is 17.4 Å². The van der Waals surface area contributed by atoms with E-state index in [0.29, 0.717) is 24.1 Å². The van der Waals surface area contributed by atoms with Crippen LogP contribution in [-0.4, -0.2) is 27.6 Å². The molecule has 1 aromatic heterocycles. The molecule has 6 nitrogen and oxygen atoms in total. The molecule has 2 aromatic rings. The van der Waals surface area contributed by atoms with Gasteiger partial charge >= 0.3 is 0 Å². The van der Waals surface area contributed by atoms with Crippen molar-refractivity contribution in [3.63, 3.8) is 0 Å². The van der Waals surface area contributed by atoms with Crippen LogP contribution in [0.5, 0.6) is 0 Å². The normalized spacial score (nSPS) is 11.3. The van der Waals surface area contributed by atoms with Crippen molar-refractivity contribution >= 4 is 17.5 Å². The second kappa shape index (κ2) is 7.72. The number of aromatic nitrogens is 2. The van der Waals surface area contributed by atoms with Crippen molar-refractivity contribution in [2.75, 3.05) is 5.32 Å². The lowest BCUT2D eigenvalue weighted by Crippen LogP contribution is -2.40. The Labute approximate surface area is 154 Å². The summed E-state index contributed by atoms with van der Waals surface area (Å²) in [5.41, 5.74) is 4.67. The molecule has 0 spiro atoms. The Morgan fingerprint density at radius 3 is 2.42 bits per heavy atom. The predicted molar refractivity (Wildman–Crippen MR) is 103 cm³/mol. The number of carbonyl (C=O) groups excluding carboxylic acids is 2. The molecular formula is C20H28N4O2. The van der Waals surface area contributed by atoms with Gasteiger partial charge in [0.1, 0.15) is 0 Å². The van der Waals surface area contributed by atoms with Gasteiger partial charge in [-0.3, -0.25) is 14.7 Å². The molecule has 0 fully saturated rings. The average Bonchev–Trinajstić information content (AvgIpc) is 2.84. The lowest BCUT2D eigenvalue weighted by molar-refractivity contribution is -0.116. The van der Waals surface area contributed by atoms with Gasteiger partial charge in [0, 0.05) is 28.9 Å². The van der Waals surface area contributed by atoms with Crippen LogP contribution in [0.3, 0.4) is 0 Å². The monoisotopic (exact) mass is 356 g/mol. The maximum absolute atomic E-state index is 12.4. The number of benzene rings is 1. The first-order valence-corrected chi connectivity index (χ1v) is 8.81. The van der Waals surface area contributed by atoms with Crippen LogP contribution in [0.25, 0.3) is 0 Å². The summed E-state index contributed by atoms with van der Waals surface area (Å²) in [6.45, 7) is 11.5. The molecule has 0 aliphatic rings.